The van der Waals surface area contributed by atoms with Crippen LogP contribution in [0, 0.1) is 0 Å². The molecule has 0 amide bonds. The third-order valence-corrected chi connectivity index (χ3v) is 1.82. The SMILES string of the molecule is Nc1nc2[nH]ccc2cc1Cl. The number of halogens is 1. The lowest BCUT2D eigenvalue weighted by Gasteiger charge is -1.95. The van der Waals surface area contributed by atoms with Crippen molar-refractivity contribution < 1.29 is 0 Å². The first kappa shape index (κ1) is 6.49. The van der Waals surface area contributed by atoms with E-state index in [1.807, 2.05) is 6.07 Å². The molecular weight excluding hydrogens is 162 g/mol. The number of anilines is 1. The fourth-order valence-electron chi connectivity index (χ4n) is 0.970. The van der Waals surface area contributed by atoms with Crippen LogP contribution in [0.2, 0.25) is 5.02 Å². The fourth-order valence-corrected chi connectivity index (χ4v) is 1.13. The number of H-pyrrole nitrogens is 1. The van der Waals surface area contributed by atoms with Crippen molar-refractivity contribution in [1.82, 2.24) is 9.97 Å². The molecule has 4 heteroatoms. The molecule has 3 nitrogen and oxygen atoms in total. The van der Waals surface area contributed by atoms with Crippen molar-refractivity contribution in [3.05, 3.63) is 23.4 Å². The second-order valence-electron chi connectivity index (χ2n) is 2.27. The molecule has 11 heavy (non-hydrogen) atoms. The zero-order valence-corrected chi connectivity index (χ0v) is 6.39. The van der Waals surface area contributed by atoms with Gasteiger partial charge in [0, 0.05) is 11.6 Å². The van der Waals surface area contributed by atoms with E-state index in [1.165, 1.54) is 0 Å². The highest BCUT2D eigenvalue weighted by molar-refractivity contribution is 6.33. The number of nitrogens with one attached hydrogen (secondary N) is 1. The molecule has 0 saturated carbocycles. The number of aromatic amines is 1. The van der Waals surface area contributed by atoms with E-state index < -0.39 is 0 Å². The lowest BCUT2D eigenvalue weighted by molar-refractivity contribution is 1.33. The van der Waals surface area contributed by atoms with Gasteiger partial charge in [-0.2, -0.15) is 0 Å². The first-order chi connectivity index (χ1) is 5.27. The largest absolute Gasteiger partial charge is 0.382 e. The van der Waals surface area contributed by atoms with Gasteiger partial charge in [0.15, 0.2) is 0 Å². The summed E-state index contributed by atoms with van der Waals surface area (Å²) in [5.41, 5.74) is 6.25. The van der Waals surface area contributed by atoms with Crippen molar-refractivity contribution in [3.8, 4) is 0 Å². The fraction of sp³-hybridized carbons (Fsp3) is 0. The number of fused-ring (bicyclic) bond motifs is 1. The summed E-state index contributed by atoms with van der Waals surface area (Å²) >= 11 is 5.74. The Labute approximate surface area is 68.2 Å². The first-order valence-corrected chi connectivity index (χ1v) is 3.54. The molecule has 0 spiro atoms. The number of hydrogen-bond acceptors (Lipinski definition) is 2. The van der Waals surface area contributed by atoms with Gasteiger partial charge in [0.2, 0.25) is 0 Å². The number of rotatable bonds is 0. The van der Waals surface area contributed by atoms with Crippen LogP contribution in [0.25, 0.3) is 11.0 Å². The molecule has 0 aliphatic carbocycles. The van der Waals surface area contributed by atoms with Gasteiger partial charge in [-0.25, -0.2) is 4.98 Å². The zero-order valence-electron chi connectivity index (χ0n) is 5.63. The summed E-state index contributed by atoms with van der Waals surface area (Å²) in [6.45, 7) is 0. The molecule has 2 aromatic rings. The van der Waals surface area contributed by atoms with Crippen LogP contribution >= 0.6 is 11.6 Å². The molecule has 2 rings (SSSR count). The van der Waals surface area contributed by atoms with Gasteiger partial charge in [-0.05, 0) is 12.1 Å². The molecule has 0 unspecified atom stereocenters. The third kappa shape index (κ3) is 0.935. The summed E-state index contributed by atoms with van der Waals surface area (Å²) in [6, 6.07) is 3.68. The number of hydrogen-bond donors (Lipinski definition) is 2. The number of nitrogen functional groups attached to an aromatic ring is 1. The van der Waals surface area contributed by atoms with Gasteiger partial charge in [-0.1, -0.05) is 11.6 Å². The molecular formula is C7H6ClN3. The quantitative estimate of drug-likeness (QED) is 0.629. The Balaban J connectivity index is 2.86. The predicted molar refractivity (Wildman–Crippen MR) is 45.5 cm³/mol. The van der Waals surface area contributed by atoms with Crippen LogP contribution < -0.4 is 5.73 Å². The smallest absolute Gasteiger partial charge is 0.144 e. The summed E-state index contributed by atoms with van der Waals surface area (Å²) < 4.78 is 0. The zero-order chi connectivity index (χ0) is 7.84. The molecule has 0 aliphatic rings. The Kier molecular flexibility index (Phi) is 1.26. The van der Waals surface area contributed by atoms with E-state index in [2.05, 4.69) is 9.97 Å². The van der Waals surface area contributed by atoms with E-state index in [-0.39, 0.29) is 0 Å². The average Bonchev–Trinajstić information content (AvgIpc) is 2.36. The van der Waals surface area contributed by atoms with Gasteiger partial charge in [0.25, 0.3) is 0 Å². The molecule has 0 atom stereocenters. The summed E-state index contributed by atoms with van der Waals surface area (Å²) in [7, 11) is 0. The van der Waals surface area contributed by atoms with Crippen LogP contribution in [0.3, 0.4) is 0 Å². The first-order valence-electron chi connectivity index (χ1n) is 3.16. The molecule has 0 radical (unpaired) electrons. The second kappa shape index (κ2) is 2.13. The lowest BCUT2D eigenvalue weighted by Crippen LogP contribution is -1.90. The van der Waals surface area contributed by atoms with Gasteiger partial charge in [0.05, 0.1) is 5.02 Å². The highest BCUT2D eigenvalue weighted by Gasteiger charge is 2.00. The number of nitrogens with two attached hydrogens (primary N) is 1. The van der Waals surface area contributed by atoms with Gasteiger partial charge in [-0.3, -0.25) is 0 Å². The van der Waals surface area contributed by atoms with E-state index >= 15 is 0 Å². The van der Waals surface area contributed by atoms with E-state index in [4.69, 9.17) is 17.3 Å². The minimum absolute atomic E-state index is 0.363. The van der Waals surface area contributed by atoms with Crippen LogP contribution in [0.15, 0.2) is 18.3 Å². The van der Waals surface area contributed by atoms with Crippen LogP contribution in [0.4, 0.5) is 5.82 Å². The van der Waals surface area contributed by atoms with Crippen molar-refractivity contribution in [3.63, 3.8) is 0 Å². The van der Waals surface area contributed by atoms with Crippen LogP contribution in [-0.2, 0) is 0 Å². The minimum atomic E-state index is 0.363. The molecule has 3 N–H and O–H groups in total. The van der Waals surface area contributed by atoms with E-state index in [9.17, 15) is 0 Å². The maximum absolute atomic E-state index is 5.74. The van der Waals surface area contributed by atoms with Gasteiger partial charge in [0.1, 0.15) is 11.5 Å². The van der Waals surface area contributed by atoms with E-state index in [0.29, 0.717) is 10.8 Å². The van der Waals surface area contributed by atoms with Crippen molar-refractivity contribution in [1.29, 1.82) is 0 Å². The minimum Gasteiger partial charge on any atom is -0.382 e. The molecule has 0 aromatic carbocycles. The molecule has 2 heterocycles. The van der Waals surface area contributed by atoms with Gasteiger partial charge >= 0.3 is 0 Å². The number of nitrogens with zero attached hydrogens (tertiary/aromatic N) is 1. The predicted octanol–water partition coefficient (Wildman–Crippen LogP) is 1.80. The summed E-state index contributed by atoms with van der Waals surface area (Å²) in [5.74, 6) is 0.363. The summed E-state index contributed by atoms with van der Waals surface area (Å²) in [5, 5.41) is 1.47. The van der Waals surface area contributed by atoms with Crippen molar-refractivity contribution in [2.24, 2.45) is 0 Å². The molecule has 0 fully saturated rings. The second-order valence-corrected chi connectivity index (χ2v) is 2.68. The highest BCUT2D eigenvalue weighted by Crippen LogP contribution is 2.20. The summed E-state index contributed by atoms with van der Waals surface area (Å²) in [4.78, 5) is 6.96. The Bertz CT molecular complexity index is 357. The Hall–Kier alpha value is -1.22. The maximum Gasteiger partial charge on any atom is 0.144 e. The van der Waals surface area contributed by atoms with Gasteiger partial charge in [-0.15, -0.1) is 0 Å². The van der Waals surface area contributed by atoms with Crippen molar-refractivity contribution in [2.75, 3.05) is 5.73 Å². The summed E-state index contributed by atoms with van der Waals surface area (Å²) in [6.07, 6.45) is 1.80. The third-order valence-electron chi connectivity index (χ3n) is 1.52. The molecule has 0 aliphatic heterocycles. The number of pyridine rings is 1. The average molecular weight is 168 g/mol. The Morgan fingerprint density at radius 3 is 3.18 bits per heavy atom. The monoisotopic (exact) mass is 167 g/mol. The Morgan fingerprint density at radius 1 is 1.55 bits per heavy atom. The molecule has 56 valence electrons. The van der Waals surface area contributed by atoms with Gasteiger partial charge < -0.3 is 10.7 Å². The van der Waals surface area contributed by atoms with E-state index in [1.54, 1.807) is 12.3 Å². The molecule has 0 bridgehead atoms. The highest BCUT2D eigenvalue weighted by atomic mass is 35.5. The standard InChI is InChI=1S/C7H6ClN3/c8-5-3-4-1-2-10-7(4)11-6(5)9/h1-3H,(H3,9,10,11). The molecule has 0 saturated heterocycles. The number of aromatic nitrogens is 2. The van der Waals surface area contributed by atoms with E-state index in [0.717, 1.165) is 11.0 Å². The Morgan fingerprint density at radius 2 is 2.36 bits per heavy atom. The van der Waals surface area contributed by atoms with Crippen LogP contribution in [0.1, 0.15) is 0 Å². The van der Waals surface area contributed by atoms with Crippen molar-refractivity contribution in [2.45, 2.75) is 0 Å². The topological polar surface area (TPSA) is 54.7 Å². The maximum atomic E-state index is 5.74. The van der Waals surface area contributed by atoms with Crippen molar-refractivity contribution >= 4 is 28.5 Å². The van der Waals surface area contributed by atoms with Crippen LogP contribution in [0.5, 0.6) is 0 Å². The van der Waals surface area contributed by atoms with Crippen LogP contribution in [-0.4, -0.2) is 9.97 Å². The molecule has 2 aromatic heterocycles. The normalized spacial score (nSPS) is 10.6. The lowest BCUT2D eigenvalue weighted by atomic mass is 10.3.